The van der Waals surface area contributed by atoms with Crippen molar-refractivity contribution in [2.45, 2.75) is 13.5 Å². The van der Waals surface area contributed by atoms with Crippen LogP contribution in [0.5, 0.6) is 5.75 Å². The number of hydrogen-bond acceptors (Lipinski definition) is 4. The second-order valence-electron chi connectivity index (χ2n) is 3.65. The smallest absolute Gasteiger partial charge is 0.226 e. The van der Waals surface area contributed by atoms with Crippen LogP contribution in [0.2, 0.25) is 0 Å². The van der Waals surface area contributed by atoms with E-state index in [2.05, 4.69) is 17.2 Å². The summed E-state index contributed by atoms with van der Waals surface area (Å²) in [5.74, 6) is 1.47. The molecular weight excluding hydrogens is 216 g/mol. The average Bonchev–Trinajstić information content (AvgIpc) is 2.85. The van der Waals surface area contributed by atoms with E-state index in [1.54, 1.807) is 13.4 Å². The summed E-state index contributed by atoms with van der Waals surface area (Å²) in [5.41, 5.74) is 1.87. The average molecular weight is 232 g/mol. The van der Waals surface area contributed by atoms with Gasteiger partial charge in [-0.15, -0.1) is 0 Å². The van der Waals surface area contributed by atoms with Crippen molar-refractivity contribution in [3.8, 4) is 17.2 Å². The first-order chi connectivity index (χ1) is 8.33. The SMILES string of the molecule is CCNCc1coc(-c2ccc(OC)cc2)n1. The molecule has 2 aromatic rings. The van der Waals surface area contributed by atoms with Crippen molar-refractivity contribution in [3.63, 3.8) is 0 Å². The topological polar surface area (TPSA) is 47.3 Å². The van der Waals surface area contributed by atoms with Gasteiger partial charge in [-0.3, -0.25) is 0 Å². The van der Waals surface area contributed by atoms with Crippen LogP contribution in [0.3, 0.4) is 0 Å². The van der Waals surface area contributed by atoms with E-state index in [9.17, 15) is 0 Å². The standard InChI is InChI=1S/C13H16N2O2/c1-3-14-8-11-9-17-13(15-11)10-4-6-12(16-2)7-5-10/h4-7,9,14H,3,8H2,1-2H3. The number of methoxy groups -OCH3 is 1. The predicted octanol–water partition coefficient (Wildman–Crippen LogP) is 2.46. The minimum Gasteiger partial charge on any atom is -0.497 e. The van der Waals surface area contributed by atoms with Crippen molar-refractivity contribution in [1.29, 1.82) is 0 Å². The zero-order valence-corrected chi connectivity index (χ0v) is 10.1. The molecule has 4 heteroatoms. The van der Waals surface area contributed by atoms with Crippen LogP contribution in [0.1, 0.15) is 12.6 Å². The van der Waals surface area contributed by atoms with Gasteiger partial charge in [0, 0.05) is 12.1 Å². The molecule has 0 aliphatic heterocycles. The molecule has 1 aromatic carbocycles. The molecule has 1 heterocycles. The maximum atomic E-state index is 5.43. The van der Waals surface area contributed by atoms with Crippen LogP contribution >= 0.6 is 0 Å². The first-order valence-corrected chi connectivity index (χ1v) is 5.63. The molecule has 0 bridgehead atoms. The highest BCUT2D eigenvalue weighted by Gasteiger charge is 2.06. The summed E-state index contributed by atoms with van der Waals surface area (Å²) >= 11 is 0. The fourth-order valence-electron chi connectivity index (χ4n) is 1.51. The van der Waals surface area contributed by atoms with Crippen LogP contribution in [-0.2, 0) is 6.54 Å². The van der Waals surface area contributed by atoms with Crippen LogP contribution < -0.4 is 10.1 Å². The number of oxazole rings is 1. The van der Waals surface area contributed by atoms with E-state index in [1.807, 2.05) is 24.3 Å². The molecule has 0 radical (unpaired) electrons. The molecule has 1 N–H and O–H groups in total. The molecule has 0 aliphatic carbocycles. The number of ether oxygens (including phenoxy) is 1. The molecule has 17 heavy (non-hydrogen) atoms. The summed E-state index contributed by atoms with van der Waals surface area (Å²) in [5, 5.41) is 3.21. The Balaban J connectivity index is 2.12. The molecule has 2 rings (SSSR count). The first kappa shape index (κ1) is 11.7. The summed E-state index contributed by atoms with van der Waals surface area (Å²) in [6.07, 6.45) is 1.68. The maximum absolute atomic E-state index is 5.43. The van der Waals surface area contributed by atoms with E-state index >= 15 is 0 Å². The number of hydrogen-bond donors (Lipinski definition) is 1. The molecular formula is C13H16N2O2. The largest absolute Gasteiger partial charge is 0.497 e. The van der Waals surface area contributed by atoms with Crippen LogP contribution in [-0.4, -0.2) is 18.6 Å². The number of nitrogens with zero attached hydrogens (tertiary/aromatic N) is 1. The summed E-state index contributed by atoms with van der Waals surface area (Å²) in [6, 6.07) is 7.65. The zero-order valence-electron chi connectivity index (χ0n) is 10.1. The molecule has 0 unspecified atom stereocenters. The van der Waals surface area contributed by atoms with Gasteiger partial charge in [-0.25, -0.2) is 4.98 Å². The molecule has 0 amide bonds. The van der Waals surface area contributed by atoms with Crippen molar-refractivity contribution in [2.24, 2.45) is 0 Å². The minimum absolute atomic E-state index is 0.639. The Morgan fingerprint density at radius 1 is 1.29 bits per heavy atom. The lowest BCUT2D eigenvalue weighted by atomic mass is 10.2. The fraction of sp³-hybridized carbons (Fsp3) is 0.308. The molecule has 0 saturated carbocycles. The van der Waals surface area contributed by atoms with E-state index in [1.165, 1.54) is 0 Å². The Hall–Kier alpha value is -1.81. The lowest BCUT2D eigenvalue weighted by molar-refractivity contribution is 0.415. The number of nitrogens with one attached hydrogen (secondary N) is 1. The quantitative estimate of drug-likeness (QED) is 0.860. The second-order valence-corrected chi connectivity index (χ2v) is 3.65. The van der Waals surface area contributed by atoms with E-state index in [4.69, 9.17) is 9.15 Å². The maximum Gasteiger partial charge on any atom is 0.226 e. The summed E-state index contributed by atoms with van der Waals surface area (Å²) in [4.78, 5) is 4.40. The molecule has 0 spiro atoms. The van der Waals surface area contributed by atoms with Crippen LogP contribution in [0.25, 0.3) is 11.5 Å². The first-order valence-electron chi connectivity index (χ1n) is 5.63. The van der Waals surface area contributed by atoms with E-state index in [-0.39, 0.29) is 0 Å². The monoisotopic (exact) mass is 232 g/mol. The molecule has 0 saturated heterocycles. The van der Waals surface area contributed by atoms with E-state index < -0.39 is 0 Å². The molecule has 0 atom stereocenters. The van der Waals surface area contributed by atoms with Crippen LogP contribution in [0, 0.1) is 0 Å². The normalized spacial score (nSPS) is 10.5. The summed E-state index contributed by atoms with van der Waals surface area (Å²) in [7, 11) is 1.65. The van der Waals surface area contributed by atoms with Gasteiger partial charge in [0.15, 0.2) is 0 Å². The molecule has 90 valence electrons. The van der Waals surface area contributed by atoms with Gasteiger partial charge < -0.3 is 14.5 Å². The summed E-state index contributed by atoms with van der Waals surface area (Å²) < 4.78 is 10.5. The van der Waals surface area contributed by atoms with Gasteiger partial charge in [0.1, 0.15) is 12.0 Å². The number of aromatic nitrogens is 1. The van der Waals surface area contributed by atoms with Gasteiger partial charge >= 0.3 is 0 Å². The Kier molecular flexibility index (Phi) is 3.77. The van der Waals surface area contributed by atoms with Crippen LogP contribution in [0.15, 0.2) is 34.9 Å². The number of rotatable bonds is 5. The van der Waals surface area contributed by atoms with E-state index in [0.29, 0.717) is 5.89 Å². The highest BCUT2D eigenvalue weighted by Crippen LogP contribution is 2.21. The van der Waals surface area contributed by atoms with Gasteiger partial charge in [0.05, 0.1) is 12.8 Å². The minimum atomic E-state index is 0.639. The third kappa shape index (κ3) is 2.85. The Labute approximate surface area is 101 Å². The number of benzene rings is 1. The molecule has 0 fully saturated rings. The molecule has 1 aromatic heterocycles. The summed E-state index contributed by atoms with van der Waals surface area (Å²) in [6.45, 7) is 3.71. The second kappa shape index (κ2) is 5.50. The molecule has 0 aliphatic rings. The van der Waals surface area contributed by atoms with Crippen molar-refractivity contribution in [3.05, 3.63) is 36.2 Å². The lowest BCUT2D eigenvalue weighted by Crippen LogP contribution is -2.11. The predicted molar refractivity (Wildman–Crippen MR) is 65.9 cm³/mol. The Morgan fingerprint density at radius 3 is 2.71 bits per heavy atom. The van der Waals surface area contributed by atoms with Gasteiger partial charge in [0.25, 0.3) is 0 Å². The van der Waals surface area contributed by atoms with Gasteiger partial charge in [-0.05, 0) is 30.8 Å². The third-order valence-corrected chi connectivity index (χ3v) is 2.44. The zero-order chi connectivity index (χ0) is 12.1. The van der Waals surface area contributed by atoms with Gasteiger partial charge in [-0.1, -0.05) is 6.92 Å². The highest BCUT2D eigenvalue weighted by molar-refractivity contribution is 5.54. The van der Waals surface area contributed by atoms with Crippen molar-refractivity contribution in [2.75, 3.05) is 13.7 Å². The van der Waals surface area contributed by atoms with Crippen molar-refractivity contribution in [1.82, 2.24) is 10.3 Å². The fourth-order valence-corrected chi connectivity index (χ4v) is 1.51. The third-order valence-electron chi connectivity index (χ3n) is 2.44. The van der Waals surface area contributed by atoms with Gasteiger partial charge in [0.2, 0.25) is 5.89 Å². The van der Waals surface area contributed by atoms with Crippen molar-refractivity contribution < 1.29 is 9.15 Å². The molecule has 4 nitrogen and oxygen atoms in total. The van der Waals surface area contributed by atoms with Gasteiger partial charge in [-0.2, -0.15) is 0 Å². The lowest BCUT2D eigenvalue weighted by Gasteiger charge is -1.99. The highest BCUT2D eigenvalue weighted by atomic mass is 16.5. The Morgan fingerprint density at radius 2 is 2.06 bits per heavy atom. The van der Waals surface area contributed by atoms with E-state index in [0.717, 1.165) is 30.1 Å². The Bertz CT molecular complexity index is 463. The van der Waals surface area contributed by atoms with Crippen molar-refractivity contribution >= 4 is 0 Å². The van der Waals surface area contributed by atoms with Crippen LogP contribution in [0.4, 0.5) is 0 Å².